The smallest absolute Gasteiger partial charge is 0.0619 e. The van der Waals surface area contributed by atoms with Gasteiger partial charge in [-0.1, -0.05) is 18.8 Å². The molecule has 0 saturated carbocycles. The zero-order valence-corrected chi connectivity index (χ0v) is 6.97. The van der Waals surface area contributed by atoms with Gasteiger partial charge in [-0.05, 0) is 25.9 Å². The molecular formula is C9H16N2. The first-order valence-electron chi connectivity index (χ1n) is 4.34. The molecule has 2 nitrogen and oxygen atoms in total. The first-order valence-corrected chi connectivity index (χ1v) is 4.34. The number of nitrogens with two attached hydrogens (primary N) is 1. The number of hydrogen-bond acceptors (Lipinski definition) is 2. The average molecular weight is 152 g/mol. The number of hydrogen-bond donors (Lipinski definition) is 1. The van der Waals surface area contributed by atoms with Crippen molar-refractivity contribution >= 4 is 0 Å². The summed E-state index contributed by atoms with van der Waals surface area (Å²) in [7, 11) is 0. The predicted octanol–water partition coefficient (Wildman–Crippen LogP) is 0.782. The molecule has 0 radical (unpaired) electrons. The summed E-state index contributed by atoms with van der Waals surface area (Å²) in [6.07, 6.45) is 5.41. The van der Waals surface area contributed by atoms with E-state index in [0.717, 1.165) is 6.54 Å². The number of likely N-dealkylation sites (tertiary alicyclic amines) is 1. The third-order valence-corrected chi connectivity index (χ3v) is 2.10. The van der Waals surface area contributed by atoms with E-state index in [1.54, 1.807) is 0 Å². The SMILES string of the molecule is NC#CCN1CCCCCC1. The van der Waals surface area contributed by atoms with Gasteiger partial charge < -0.3 is 5.73 Å². The van der Waals surface area contributed by atoms with Crippen LogP contribution in [0.25, 0.3) is 0 Å². The molecule has 2 N–H and O–H groups in total. The van der Waals surface area contributed by atoms with Crippen LogP contribution >= 0.6 is 0 Å². The highest BCUT2D eigenvalue weighted by Gasteiger charge is 2.06. The summed E-state index contributed by atoms with van der Waals surface area (Å²) in [5.74, 6) is 2.90. The largest absolute Gasteiger partial charge is 0.359 e. The molecule has 1 rings (SSSR count). The Bertz CT molecular complexity index is 147. The van der Waals surface area contributed by atoms with Gasteiger partial charge in [0.2, 0.25) is 0 Å². The maximum Gasteiger partial charge on any atom is 0.0619 e. The molecule has 0 bridgehead atoms. The molecule has 0 aromatic rings. The van der Waals surface area contributed by atoms with Crippen LogP contribution < -0.4 is 5.73 Å². The van der Waals surface area contributed by atoms with Crippen LogP contribution in [0.1, 0.15) is 25.7 Å². The van der Waals surface area contributed by atoms with Crippen molar-refractivity contribution in [2.45, 2.75) is 25.7 Å². The van der Waals surface area contributed by atoms with E-state index in [0.29, 0.717) is 0 Å². The molecule has 0 aromatic carbocycles. The maximum absolute atomic E-state index is 5.10. The van der Waals surface area contributed by atoms with E-state index >= 15 is 0 Å². The van der Waals surface area contributed by atoms with Crippen molar-refractivity contribution in [2.75, 3.05) is 19.6 Å². The molecule has 1 heterocycles. The Hall–Kier alpha value is -0.680. The van der Waals surface area contributed by atoms with Crippen LogP contribution in [-0.2, 0) is 0 Å². The predicted molar refractivity (Wildman–Crippen MR) is 46.9 cm³/mol. The van der Waals surface area contributed by atoms with Crippen LogP contribution in [-0.4, -0.2) is 24.5 Å². The van der Waals surface area contributed by atoms with Crippen molar-refractivity contribution in [3.63, 3.8) is 0 Å². The van der Waals surface area contributed by atoms with Crippen molar-refractivity contribution in [1.82, 2.24) is 4.90 Å². The van der Waals surface area contributed by atoms with E-state index in [1.807, 2.05) is 0 Å². The van der Waals surface area contributed by atoms with Gasteiger partial charge in [-0.15, -0.1) is 0 Å². The van der Waals surface area contributed by atoms with E-state index < -0.39 is 0 Å². The lowest BCUT2D eigenvalue weighted by molar-refractivity contribution is 0.320. The van der Waals surface area contributed by atoms with Gasteiger partial charge in [0.15, 0.2) is 0 Å². The highest BCUT2D eigenvalue weighted by Crippen LogP contribution is 2.08. The lowest BCUT2D eigenvalue weighted by Gasteiger charge is -2.15. The zero-order valence-electron chi connectivity index (χ0n) is 6.97. The van der Waals surface area contributed by atoms with Crippen LogP contribution in [0.5, 0.6) is 0 Å². The first kappa shape index (κ1) is 8.42. The Morgan fingerprint density at radius 1 is 1.09 bits per heavy atom. The molecule has 0 unspecified atom stereocenters. The van der Waals surface area contributed by atoms with Gasteiger partial charge >= 0.3 is 0 Å². The average Bonchev–Trinajstić information content (AvgIpc) is 2.28. The third-order valence-electron chi connectivity index (χ3n) is 2.10. The Morgan fingerprint density at radius 2 is 1.73 bits per heavy atom. The molecule has 0 aliphatic carbocycles. The second-order valence-electron chi connectivity index (χ2n) is 3.01. The van der Waals surface area contributed by atoms with Crippen LogP contribution in [0.2, 0.25) is 0 Å². The minimum Gasteiger partial charge on any atom is -0.359 e. The normalized spacial score (nSPS) is 20.0. The lowest BCUT2D eigenvalue weighted by atomic mass is 10.2. The van der Waals surface area contributed by atoms with Crippen LogP contribution in [0.4, 0.5) is 0 Å². The van der Waals surface area contributed by atoms with Gasteiger partial charge in [-0.2, -0.15) is 0 Å². The summed E-state index contributed by atoms with van der Waals surface area (Å²) < 4.78 is 0. The fourth-order valence-corrected chi connectivity index (χ4v) is 1.45. The van der Waals surface area contributed by atoms with Gasteiger partial charge in [0, 0.05) is 6.04 Å². The Kier molecular flexibility index (Phi) is 3.85. The third kappa shape index (κ3) is 3.29. The standard InChI is InChI=1S/C9H16N2/c10-6-5-9-11-7-3-1-2-4-8-11/h1-4,7-10H2. The summed E-state index contributed by atoms with van der Waals surface area (Å²) >= 11 is 0. The molecule has 1 aliphatic heterocycles. The fraction of sp³-hybridized carbons (Fsp3) is 0.778. The van der Waals surface area contributed by atoms with Crippen LogP contribution in [0, 0.1) is 12.0 Å². The van der Waals surface area contributed by atoms with E-state index in [2.05, 4.69) is 16.9 Å². The van der Waals surface area contributed by atoms with Crippen molar-refractivity contribution in [1.29, 1.82) is 0 Å². The molecule has 2 heteroatoms. The van der Waals surface area contributed by atoms with Gasteiger partial charge in [-0.3, -0.25) is 4.90 Å². The van der Waals surface area contributed by atoms with Gasteiger partial charge in [0.25, 0.3) is 0 Å². The minimum atomic E-state index is 0.858. The topological polar surface area (TPSA) is 29.3 Å². The van der Waals surface area contributed by atoms with Crippen molar-refractivity contribution in [3.8, 4) is 12.0 Å². The monoisotopic (exact) mass is 152 g/mol. The molecule has 62 valence electrons. The van der Waals surface area contributed by atoms with Crippen LogP contribution in [0.3, 0.4) is 0 Å². The van der Waals surface area contributed by atoms with Crippen LogP contribution in [0.15, 0.2) is 0 Å². The maximum atomic E-state index is 5.10. The lowest BCUT2D eigenvalue weighted by Crippen LogP contribution is -2.24. The summed E-state index contributed by atoms with van der Waals surface area (Å²) in [5, 5.41) is 0. The number of nitrogens with zero attached hydrogens (tertiary/aromatic N) is 1. The second-order valence-corrected chi connectivity index (χ2v) is 3.01. The second kappa shape index (κ2) is 5.03. The Balaban J connectivity index is 2.23. The highest BCUT2D eigenvalue weighted by atomic mass is 15.1. The molecule has 1 fully saturated rings. The zero-order chi connectivity index (χ0) is 7.94. The summed E-state index contributed by atoms with van der Waals surface area (Å²) in [4.78, 5) is 2.38. The first-order chi connectivity index (χ1) is 5.43. The summed E-state index contributed by atoms with van der Waals surface area (Å²) in [6.45, 7) is 3.26. The molecule has 0 amide bonds. The van der Waals surface area contributed by atoms with E-state index in [4.69, 9.17) is 5.73 Å². The molecule has 0 aromatic heterocycles. The van der Waals surface area contributed by atoms with Crippen molar-refractivity contribution in [2.24, 2.45) is 5.73 Å². The molecule has 1 aliphatic rings. The van der Waals surface area contributed by atoms with E-state index in [-0.39, 0.29) is 0 Å². The Morgan fingerprint density at radius 3 is 2.27 bits per heavy atom. The van der Waals surface area contributed by atoms with Crippen molar-refractivity contribution < 1.29 is 0 Å². The fourth-order valence-electron chi connectivity index (χ4n) is 1.45. The van der Waals surface area contributed by atoms with Gasteiger partial charge in [0.05, 0.1) is 6.54 Å². The van der Waals surface area contributed by atoms with E-state index in [9.17, 15) is 0 Å². The van der Waals surface area contributed by atoms with Gasteiger partial charge in [-0.25, -0.2) is 0 Å². The molecular weight excluding hydrogens is 136 g/mol. The quantitative estimate of drug-likeness (QED) is 0.444. The van der Waals surface area contributed by atoms with E-state index in [1.165, 1.54) is 38.8 Å². The Labute approximate surface area is 68.8 Å². The summed E-state index contributed by atoms with van der Waals surface area (Å²) in [5.41, 5.74) is 5.10. The molecule has 0 atom stereocenters. The molecule has 1 saturated heterocycles. The molecule has 0 spiro atoms. The number of rotatable bonds is 1. The minimum absolute atomic E-state index is 0.858. The highest BCUT2D eigenvalue weighted by molar-refractivity contribution is 4.96. The molecule has 11 heavy (non-hydrogen) atoms. The summed E-state index contributed by atoms with van der Waals surface area (Å²) in [6, 6.07) is 2.44. The van der Waals surface area contributed by atoms with Gasteiger partial charge in [0.1, 0.15) is 0 Å². The van der Waals surface area contributed by atoms with Crippen molar-refractivity contribution in [3.05, 3.63) is 0 Å².